The quantitative estimate of drug-likeness (QED) is 0.243. The molecule has 1 aliphatic rings. The Bertz CT molecular complexity index is 1320. The molecule has 0 saturated carbocycles. The molecule has 2 N–H and O–H groups in total. The maximum absolute atomic E-state index is 13.4. The molecule has 0 saturated heterocycles. The van der Waals surface area contributed by atoms with Gasteiger partial charge < -0.3 is 15.2 Å². The van der Waals surface area contributed by atoms with Gasteiger partial charge in [-0.3, -0.25) is 9.59 Å². The highest BCUT2D eigenvalue weighted by atomic mass is 35.5. The minimum absolute atomic E-state index is 0.0275. The zero-order valence-corrected chi connectivity index (χ0v) is 20.4. The van der Waals surface area contributed by atoms with E-state index in [0.29, 0.717) is 21.2 Å². The summed E-state index contributed by atoms with van der Waals surface area (Å²) in [5.74, 6) is -1.69. The van der Waals surface area contributed by atoms with Crippen molar-refractivity contribution in [3.63, 3.8) is 0 Å². The largest absolute Gasteiger partial charge is 0.506 e. The summed E-state index contributed by atoms with van der Waals surface area (Å²) in [7, 11) is 0. The van der Waals surface area contributed by atoms with E-state index in [2.05, 4.69) is 5.32 Å². The van der Waals surface area contributed by atoms with Crippen LogP contribution in [0.1, 0.15) is 24.2 Å². The lowest BCUT2D eigenvalue weighted by molar-refractivity contribution is -0.120. The van der Waals surface area contributed by atoms with Crippen LogP contribution in [0.25, 0.3) is 0 Å². The third-order valence-corrected chi connectivity index (χ3v) is 6.29. The average Bonchev–Trinajstić information content (AvgIpc) is 3.05. The van der Waals surface area contributed by atoms with Crippen molar-refractivity contribution < 1.29 is 24.2 Å². The van der Waals surface area contributed by atoms with E-state index < -0.39 is 17.8 Å². The summed E-state index contributed by atoms with van der Waals surface area (Å²) in [5, 5.41) is 13.7. The van der Waals surface area contributed by atoms with Gasteiger partial charge in [-0.2, -0.15) is 0 Å². The third-order valence-electron chi connectivity index (χ3n) is 4.94. The number of nitrogens with zero attached hydrogens (tertiary/aromatic N) is 1. The van der Waals surface area contributed by atoms with Crippen LogP contribution in [-0.4, -0.2) is 29.0 Å². The standard InChI is InChI=1S/C26H21ClN2O5S/c1-15(2)34-26(33)16-7-11-18(12-8-16)29-24(31)22(28-20-5-3-4-6-21(20)30)23(25(29)32)35-19-13-9-17(27)10-14-19/h3-15,28,30H,1-2H3. The van der Waals surface area contributed by atoms with E-state index in [4.69, 9.17) is 16.3 Å². The van der Waals surface area contributed by atoms with Crippen molar-refractivity contribution in [2.45, 2.75) is 24.8 Å². The van der Waals surface area contributed by atoms with Crippen molar-refractivity contribution in [2.24, 2.45) is 0 Å². The van der Waals surface area contributed by atoms with Crippen molar-refractivity contribution in [3.05, 3.63) is 94.0 Å². The van der Waals surface area contributed by atoms with Crippen LogP contribution >= 0.6 is 23.4 Å². The molecule has 9 heteroatoms. The van der Waals surface area contributed by atoms with Gasteiger partial charge in [-0.15, -0.1) is 0 Å². The van der Waals surface area contributed by atoms with Gasteiger partial charge in [0.15, 0.2) is 0 Å². The molecule has 1 aliphatic heterocycles. The molecule has 4 rings (SSSR count). The predicted molar refractivity (Wildman–Crippen MR) is 136 cm³/mol. The van der Waals surface area contributed by atoms with Crippen LogP contribution < -0.4 is 10.2 Å². The van der Waals surface area contributed by atoms with Gasteiger partial charge in [0.2, 0.25) is 0 Å². The van der Waals surface area contributed by atoms with E-state index in [1.165, 1.54) is 30.3 Å². The lowest BCUT2D eigenvalue weighted by Gasteiger charge is -2.16. The van der Waals surface area contributed by atoms with Crippen molar-refractivity contribution >= 4 is 52.5 Å². The molecule has 3 aromatic carbocycles. The molecule has 0 atom stereocenters. The Morgan fingerprint density at radius 3 is 2.26 bits per heavy atom. The van der Waals surface area contributed by atoms with E-state index in [-0.39, 0.29) is 28.1 Å². The topological polar surface area (TPSA) is 95.9 Å². The van der Waals surface area contributed by atoms with Gasteiger partial charge in [0.05, 0.1) is 23.0 Å². The fourth-order valence-corrected chi connectivity index (χ4v) is 4.37. The summed E-state index contributed by atoms with van der Waals surface area (Å²) in [6, 6.07) is 19.3. The van der Waals surface area contributed by atoms with Crippen LogP contribution in [0.5, 0.6) is 5.75 Å². The average molecular weight is 509 g/mol. The molecule has 7 nitrogen and oxygen atoms in total. The molecule has 2 amide bonds. The molecule has 178 valence electrons. The molecule has 0 aromatic heterocycles. The molecule has 3 aromatic rings. The normalized spacial score (nSPS) is 13.5. The number of phenolic OH excluding ortho intramolecular Hbond substituents is 1. The zero-order chi connectivity index (χ0) is 25.1. The molecule has 1 heterocycles. The zero-order valence-electron chi connectivity index (χ0n) is 18.8. The van der Waals surface area contributed by atoms with Crippen molar-refractivity contribution in [1.82, 2.24) is 0 Å². The Labute approximate surface area is 211 Å². The fraction of sp³-hybridized carbons (Fsp3) is 0.115. The number of esters is 1. The Balaban J connectivity index is 1.68. The number of carbonyl (C=O) groups is 3. The molecule has 0 radical (unpaired) electrons. The Morgan fingerprint density at radius 1 is 0.971 bits per heavy atom. The molecule has 35 heavy (non-hydrogen) atoms. The number of halogens is 1. The second-order valence-corrected chi connectivity index (χ2v) is 9.37. The first-order valence-electron chi connectivity index (χ1n) is 10.7. The van der Waals surface area contributed by atoms with E-state index in [1.54, 1.807) is 56.3 Å². The number of hydrogen-bond acceptors (Lipinski definition) is 7. The Morgan fingerprint density at radius 2 is 1.63 bits per heavy atom. The van der Waals surface area contributed by atoms with Crippen LogP contribution in [0, 0.1) is 0 Å². The van der Waals surface area contributed by atoms with Crippen LogP contribution in [0.2, 0.25) is 5.02 Å². The first kappa shape index (κ1) is 24.4. The lowest BCUT2D eigenvalue weighted by atomic mass is 10.2. The van der Waals surface area contributed by atoms with Gasteiger partial charge in [-0.25, -0.2) is 9.69 Å². The summed E-state index contributed by atoms with van der Waals surface area (Å²) in [6.45, 7) is 3.50. The number of hydrogen-bond donors (Lipinski definition) is 2. The molecular formula is C26H21ClN2O5S. The highest BCUT2D eigenvalue weighted by Gasteiger charge is 2.40. The van der Waals surface area contributed by atoms with Crippen LogP contribution in [0.15, 0.2) is 88.3 Å². The van der Waals surface area contributed by atoms with Gasteiger partial charge in [0.25, 0.3) is 11.8 Å². The summed E-state index contributed by atoms with van der Waals surface area (Å²) in [6.07, 6.45) is -0.274. The second-order valence-electron chi connectivity index (χ2n) is 7.85. The number of aromatic hydroxyl groups is 1. The molecule has 0 bridgehead atoms. The SMILES string of the molecule is CC(C)OC(=O)c1ccc(N2C(=O)C(Nc3ccccc3O)=C(Sc3ccc(Cl)cc3)C2=O)cc1. The molecule has 0 spiro atoms. The number of nitrogens with one attached hydrogen (secondary N) is 1. The van der Waals surface area contributed by atoms with Crippen molar-refractivity contribution in [2.75, 3.05) is 10.2 Å². The number of phenols is 1. The second kappa shape index (κ2) is 10.2. The molecular weight excluding hydrogens is 488 g/mol. The van der Waals surface area contributed by atoms with E-state index in [1.807, 2.05) is 0 Å². The number of para-hydroxylation sites is 2. The number of thioether (sulfide) groups is 1. The van der Waals surface area contributed by atoms with E-state index in [9.17, 15) is 19.5 Å². The number of amides is 2. The number of imide groups is 1. The van der Waals surface area contributed by atoms with Crippen LogP contribution in [0.4, 0.5) is 11.4 Å². The Hall–Kier alpha value is -3.75. The van der Waals surface area contributed by atoms with Gasteiger partial charge in [-0.1, -0.05) is 35.5 Å². The number of anilines is 2. The first-order valence-corrected chi connectivity index (χ1v) is 11.9. The smallest absolute Gasteiger partial charge is 0.338 e. The fourth-order valence-electron chi connectivity index (χ4n) is 3.31. The summed E-state index contributed by atoms with van der Waals surface area (Å²) in [4.78, 5) is 40.9. The minimum atomic E-state index is -0.591. The summed E-state index contributed by atoms with van der Waals surface area (Å²) < 4.78 is 5.19. The van der Waals surface area contributed by atoms with Crippen LogP contribution in [0.3, 0.4) is 0 Å². The molecule has 0 fully saturated rings. The number of carbonyl (C=O) groups excluding carboxylic acids is 3. The minimum Gasteiger partial charge on any atom is -0.506 e. The molecule has 0 aliphatic carbocycles. The van der Waals surface area contributed by atoms with E-state index >= 15 is 0 Å². The Kier molecular flexibility index (Phi) is 7.14. The van der Waals surface area contributed by atoms with Crippen molar-refractivity contribution in [3.8, 4) is 5.75 Å². The maximum Gasteiger partial charge on any atom is 0.338 e. The number of ether oxygens (including phenoxy) is 1. The van der Waals surface area contributed by atoms with E-state index in [0.717, 1.165) is 16.7 Å². The van der Waals surface area contributed by atoms with Gasteiger partial charge in [0, 0.05) is 9.92 Å². The van der Waals surface area contributed by atoms with Gasteiger partial charge >= 0.3 is 5.97 Å². The van der Waals surface area contributed by atoms with Gasteiger partial charge in [-0.05, 0) is 74.5 Å². The predicted octanol–water partition coefficient (Wildman–Crippen LogP) is 5.60. The summed E-state index contributed by atoms with van der Waals surface area (Å²) in [5.41, 5.74) is 0.911. The monoisotopic (exact) mass is 508 g/mol. The third kappa shape index (κ3) is 5.34. The number of rotatable bonds is 7. The first-order chi connectivity index (χ1) is 16.7. The maximum atomic E-state index is 13.4. The highest BCUT2D eigenvalue weighted by Crippen LogP contribution is 2.39. The highest BCUT2D eigenvalue weighted by molar-refractivity contribution is 8.04. The number of benzene rings is 3. The van der Waals surface area contributed by atoms with Crippen molar-refractivity contribution in [1.29, 1.82) is 0 Å². The van der Waals surface area contributed by atoms with Crippen LogP contribution in [-0.2, 0) is 14.3 Å². The summed E-state index contributed by atoms with van der Waals surface area (Å²) >= 11 is 7.08. The lowest BCUT2D eigenvalue weighted by Crippen LogP contribution is -2.32. The molecule has 0 unspecified atom stereocenters. The van der Waals surface area contributed by atoms with Gasteiger partial charge in [0.1, 0.15) is 16.4 Å².